The third kappa shape index (κ3) is 3.55. The summed E-state index contributed by atoms with van der Waals surface area (Å²) >= 11 is 0. The maximum Gasteiger partial charge on any atom is 0.0710 e. The van der Waals surface area contributed by atoms with Crippen LogP contribution in [0.3, 0.4) is 0 Å². The van der Waals surface area contributed by atoms with E-state index in [2.05, 4.69) is 19.2 Å². The van der Waals surface area contributed by atoms with Gasteiger partial charge in [-0.05, 0) is 32.7 Å². The van der Waals surface area contributed by atoms with E-state index in [9.17, 15) is 0 Å². The Labute approximate surface area is 76.1 Å². The highest BCUT2D eigenvalue weighted by Crippen LogP contribution is 2.18. The summed E-state index contributed by atoms with van der Waals surface area (Å²) in [4.78, 5) is 0. The van der Waals surface area contributed by atoms with Gasteiger partial charge < -0.3 is 5.32 Å². The van der Waals surface area contributed by atoms with Gasteiger partial charge in [0, 0.05) is 6.04 Å². The highest BCUT2D eigenvalue weighted by atomic mass is 15.1. The van der Waals surface area contributed by atoms with Gasteiger partial charge >= 0.3 is 0 Å². The second-order valence-corrected chi connectivity index (χ2v) is 3.72. The molecule has 1 fully saturated rings. The molecule has 2 nitrogen and oxygen atoms in total. The second-order valence-electron chi connectivity index (χ2n) is 3.72. The van der Waals surface area contributed by atoms with Gasteiger partial charge in [-0.1, -0.05) is 19.8 Å². The van der Waals surface area contributed by atoms with E-state index in [1.54, 1.807) is 0 Å². The molecule has 0 aromatic carbocycles. The first-order valence-corrected chi connectivity index (χ1v) is 5.26. The maximum atomic E-state index is 4.70. The van der Waals surface area contributed by atoms with E-state index >= 15 is 0 Å². The van der Waals surface area contributed by atoms with Gasteiger partial charge in [0.25, 0.3) is 0 Å². The summed E-state index contributed by atoms with van der Waals surface area (Å²) in [6, 6.07) is 0.657. The molecule has 71 valence electrons. The van der Waals surface area contributed by atoms with Crippen molar-refractivity contribution in [3.8, 4) is 0 Å². The van der Waals surface area contributed by atoms with Crippen LogP contribution >= 0.6 is 0 Å². The average Bonchev–Trinajstić information content (AvgIpc) is 2.53. The molecule has 0 aromatic heterocycles. The Morgan fingerprint density at radius 3 is 2.67 bits per heavy atom. The first-order chi connectivity index (χ1) is 5.83. The van der Waals surface area contributed by atoms with Gasteiger partial charge in [-0.3, -0.25) is 0 Å². The molecule has 1 rings (SSSR count). The van der Waals surface area contributed by atoms with E-state index in [4.69, 9.17) is 5.32 Å². The fourth-order valence-electron chi connectivity index (χ4n) is 1.78. The van der Waals surface area contributed by atoms with Gasteiger partial charge in [-0.15, -0.1) is 0 Å². The normalized spacial score (nSPS) is 21.5. The monoisotopic (exact) mass is 169 g/mol. The van der Waals surface area contributed by atoms with E-state index in [1.165, 1.54) is 32.1 Å². The summed E-state index contributed by atoms with van der Waals surface area (Å²) in [7, 11) is 0. The Kier molecular flexibility index (Phi) is 4.62. The molecule has 12 heavy (non-hydrogen) atoms. The van der Waals surface area contributed by atoms with Crippen molar-refractivity contribution >= 4 is 0 Å². The molecule has 0 spiro atoms. The number of rotatable bonds is 5. The lowest BCUT2D eigenvalue weighted by Gasteiger charge is -2.17. The zero-order valence-corrected chi connectivity index (χ0v) is 8.34. The summed E-state index contributed by atoms with van der Waals surface area (Å²) in [5.74, 6) is 0. The van der Waals surface area contributed by atoms with Crippen molar-refractivity contribution in [2.24, 2.45) is 0 Å². The molecule has 1 radical (unpaired) electrons. The Bertz CT molecular complexity index is 108. The van der Waals surface area contributed by atoms with Gasteiger partial charge in [0.2, 0.25) is 0 Å². The van der Waals surface area contributed by atoms with Crippen LogP contribution in [0.2, 0.25) is 0 Å². The number of nitrogens with zero attached hydrogens (tertiary/aromatic N) is 1. The average molecular weight is 169 g/mol. The van der Waals surface area contributed by atoms with Crippen LogP contribution in [0.5, 0.6) is 0 Å². The van der Waals surface area contributed by atoms with Crippen LogP contribution in [0.1, 0.15) is 46.0 Å². The quantitative estimate of drug-likeness (QED) is 0.668. The van der Waals surface area contributed by atoms with Crippen molar-refractivity contribution in [3.05, 3.63) is 0 Å². The molecule has 0 amide bonds. The molecule has 1 atom stereocenters. The largest absolute Gasteiger partial charge is 0.301 e. The van der Waals surface area contributed by atoms with Crippen molar-refractivity contribution in [1.82, 2.24) is 10.6 Å². The molecule has 0 aliphatic heterocycles. The fourth-order valence-corrected chi connectivity index (χ4v) is 1.78. The minimum Gasteiger partial charge on any atom is -0.301 e. The van der Waals surface area contributed by atoms with Crippen LogP contribution in [-0.4, -0.2) is 18.8 Å². The molecule has 1 aliphatic rings. The lowest BCUT2D eigenvalue weighted by molar-refractivity contribution is 0.384. The van der Waals surface area contributed by atoms with Crippen molar-refractivity contribution in [2.75, 3.05) is 6.54 Å². The van der Waals surface area contributed by atoms with Crippen LogP contribution in [0, 0.1) is 0 Å². The van der Waals surface area contributed by atoms with Gasteiger partial charge in [0.05, 0.1) is 6.17 Å². The molecule has 1 N–H and O–H groups in total. The summed E-state index contributed by atoms with van der Waals surface area (Å²) in [6.45, 7) is 5.45. The second kappa shape index (κ2) is 5.55. The topological polar surface area (TPSA) is 26.1 Å². The summed E-state index contributed by atoms with van der Waals surface area (Å²) in [5, 5.41) is 8.09. The van der Waals surface area contributed by atoms with Gasteiger partial charge in [0.1, 0.15) is 0 Å². The fraction of sp³-hybridized carbons (Fsp3) is 1.00. The Hall–Kier alpha value is -0.0800. The van der Waals surface area contributed by atoms with Gasteiger partial charge in [-0.25, -0.2) is 5.32 Å². The van der Waals surface area contributed by atoms with Crippen LogP contribution in [0.25, 0.3) is 0 Å². The molecule has 0 heterocycles. The van der Waals surface area contributed by atoms with E-state index in [1.807, 2.05) is 0 Å². The highest BCUT2D eigenvalue weighted by molar-refractivity contribution is 4.75. The van der Waals surface area contributed by atoms with E-state index in [0.29, 0.717) is 12.2 Å². The van der Waals surface area contributed by atoms with Gasteiger partial charge in [0.15, 0.2) is 0 Å². The number of hydrogen-bond acceptors (Lipinski definition) is 1. The Morgan fingerprint density at radius 1 is 1.42 bits per heavy atom. The van der Waals surface area contributed by atoms with E-state index in [0.717, 1.165) is 6.54 Å². The van der Waals surface area contributed by atoms with Gasteiger partial charge in [-0.2, -0.15) is 0 Å². The first kappa shape index (κ1) is 10.0. The van der Waals surface area contributed by atoms with Crippen LogP contribution in [-0.2, 0) is 0 Å². The summed E-state index contributed by atoms with van der Waals surface area (Å²) in [6.07, 6.45) is 6.97. The molecule has 0 bridgehead atoms. The molecule has 0 aromatic rings. The minimum atomic E-state index is 0.369. The molecule has 1 unspecified atom stereocenters. The standard InChI is InChI=1S/C10H21N2/c1-3-8-11-9(2)12-10-6-4-5-7-10/h9-11H,3-8H2,1-2H3. The molecular formula is C10H21N2. The van der Waals surface area contributed by atoms with Crippen molar-refractivity contribution in [1.29, 1.82) is 0 Å². The molecular weight excluding hydrogens is 148 g/mol. The van der Waals surface area contributed by atoms with Crippen molar-refractivity contribution in [2.45, 2.75) is 58.2 Å². The van der Waals surface area contributed by atoms with Crippen LogP contribution in [0.4, 0.5) is 0 Å². The van der Waals surface area contributed by atoms with Crippen LogP contribution < -0.4 is 10.6 Å². The first-order valence-electron chi connectivity index (χ1n) is 5.26. The Balaban J connectivity index is 2.03. The minimum absolute atomic E-state index is 0.369. The molecule has 2 heteroatoms. The molecule has 0 saturated heterocycles. The zero-order valence-electron chi connectivity index (χ0n) is 8.34. The SMILES string of the molecule is CCCNC(C)[N]C1CCCC1. The predicted octanol–water partition coefficient (Wildman–Crippen LogP) is 1.88. The van der Waals surface area contributed by atoms with Crippen LogP contribution in [0.15, 0.2) is 0 Å². The lowest BCUT2D eigenvalue weighted by atomic mass is 10.2. The number of hydrogen-bond donors (Lipinski definition) is 1. The van der Waals surface area contributed by atoms with E-state index < -0.39 is 0 Å². The summed E-state index contributed by atoms with van der Waals surface area (Å²) < 4.78 is 0. The Morgan fingerprint density at radius 2 is 2.08 bits per heavy atom. The lowest BCUT2D eigenvalue weighted by Crippen LogP contribution is -2.39. The van der Waals surface area contributed by atoms with Crippen molar-refractivity contribution < 1.29 is 0 Å². The zero-order chi connectivity index (χ0) is 8.81. The molecule has 1 aliphatic carbocycles. The van der Waals surface area contributed by atoms with E-state index in [-0.39, 0.29) is 0 Å². The third-order valence-corrected chi connectivity index (χ3v) is 2.45. The summed E-state index contributed by atoms with van der Waals surface area (Å²) in [5.41, 5.74) is 0. The predicted molar refractivity (Wildman–Crippen MR) is 52.1 cm³/mol. The maximum absolute atomic E-state index is 4.70. The smallest absolute Gasteiger partial charge is 0.0710 e. The highest BCUT2D eigenvalue weighted by Gasteiger charge is 2.17. The molecule has 1 saturated carbocycles. The number of nitrogens with one attached hydrogen (secondary N) is 1. The van der Waals surface area contributed by atoms with Crippen molar-refractivity contribution in [3.63, 3.8) is 0 Å². The third-order valence-electron chi connectivity index (χ3n) is 2.45.